The van der Waals surface area contributed by atoms with E-state index in [9.17, 15) is 0 Å². The largest absolute Gasteiger partial charge is 0.372 e. The Labute approximate surface area is 103 Å². The van der Waals surface area contributed by atoms with Crippen molar-refractivity contribution in [3.8, 4) is 0 Å². The monoisotopic (exact) mass is 228 g/mol. The third-order valence-corrected chi connectivity index (χ3v) is 3.79. The zero-order chi connectivity index (χ0) is 11.5. The van der Waals surface area contributed by atoms with E-state index in [1.165, 1.54) is 43.5 Å². The molecule has 17 heavy (non-hydrogen) atoms. The third-order valence-electron chi connectivity index (χ3n) is 3.79. The van der Waals surface area contributed by atoms with Gasteiger partial charge >= 0.3 is 0 Å². The second-order valence-corrected chi connectivity index (χ2v) is 5.07. The fraction of sp³-hybridized carbons (Fsp3) is 0.533. The molecule has 0 radical (unpaired) electrons. The minimum Gasteiger partial charge on any atom is -0.372 e. The van der Waals surface area contributed by atoms with Gasteiger partial charge in [0.15, 0.2) is 0 Å². The molecule has 0 saturated carbocycles. The molecule has 2 nitrogen and oxygen atoms in total. The van der Waals surface area contributed by atoms with E-state index < -0.39 is 0 Å². The number of hydrogen-bond acceptors (Lipinski definition) is 2. The number of aryl methyl sites for hydroxylation is 3. The Bertz CT molecular complexity index is 435. The summed E-state index contributed by atoms with van der Waals surface area (Å²) in [4.78, 5) is 4.43. The first-order chi connectivity index (χ1) is 8.42. The molecule has 1 aromatic rings. The molecule has 0 fully saturated rings. The number of nitrogens with zero attached hydrogens (tertiary/aromatic N) is 1. The van der Waals surface area contributed by atoms with Crippen molar-refractivity contribution in [2.45, 2.75) is 38.5 Å². The summed E-state index contributed by atoms with van der Waals surface area (Å²) in [6, 6.07) is 7.07. The molecule has 2 aliphatic rings. The standard InChI is InChI=1S/C15H20N2/c1(6-15-16-9-10-17-15)3-12-7-8-13-4-2-5-14(13)11-12/h7-8,11H,1-6,9-10H2,(H,16,17). The molecule has 3 rings (SSSR count). The van der Waals surface area contributed by atoms with Crippen molar-refractivity contribution in [1.82, 2.24) is 5.32 Å². The number of nitrogens with one attached hydrogen (secondary N) is 1. The molecule has 0 amide bonds. The lowest BCUT2D eigenvalue weighted by Crippen LogP contribution is -2.18. The second-order valence-electron chi connectivity index (χ2n) is 5.07. The molecule has 0 bridgehead atoms. The highest BCUT2D eigenvalue weighted by atomic mass is 15.1. The topological polar surface area (TPSA) is 24.4 Å². The highest BCUT2D eigenvalue weighted by Gasteiger charge is 2.11. The average Bonchev–Trinajstić information content (AvgIpc) is 2.98. The summed E-state index contributed by atoms with van der Waals surface area (Å²) in [6.45, 7) is 2.00. The van der Waals surface area contributed by atoms with Gasteiger partial charge in [0.1, 0.15) is 0 Å². The Hall–Kier alpha value is -1.31. The molecular weight excluding hydrogens is 208 g/mol. The van der Waals surface area contributed by atoms with Crippen molar-refractivity contribution < 1.29 is 0 Å². The molecule has 0 aromatic heterocycles. The maximum absolute atomic E-state index is 4.43. The van der Waals surface area contributed by atoms with Gasteiger partial charge in [0.25, 0.3) is 0 Å². The van der Waals surface area contributed by atoms with Crippen molar-refractivity contribution in [1.29, 1.82) is 0 Å². The maximum Gasteiger partial charge on any atom is 0.0964 e. The average molecular weight is 228 g/mol. The smallest absolute Gasteiger partial charge is 0.0964 e. The summed E-state index contributed by atoms with van der Waals surface area (Å²) in [5, 5.41) is 3.33. The summed E-state index contributed by atoms with van der Waals surface area (Å²) in [5.74, 6) is 1.21. The fourth-order valence-electron chi connectivity index (χ4n) is 2.86. The minimum absolute atomic E-state index is 0.966. The molecule has 0 spiro atoms. The molecule has 1 N–H and O–H groups in total. The van der Waals surface area contributed by atoms with Gasteiger partial charge in [-0.25, -0.2) is 0 Å². The molecule has 0 atom stereocenters. The van der Waals surface area contributed by atoms with Gasteiger partial charge in [0, 0.05) is 13.0 Å². The molecule has 1 aliphatic heterocycles. The van der Waals surface area contributed by atoms with Gasteiger partial charge in [0.05, 0.1) is 12.4 Å². The second kappa shape index (κ2) is 4.91. The summed E-state index contributed by atoms with van der Waals surface area (Å²) in [7, 11) is 0. The highest BCUT2D eigenvalue weighted by molar-refractivity contribution is 5.83. The summed E-state index contributed by atoms with van der Waals surface area (Å²) >= 11 is 0. The molecule has 90 valence electrons. The van der Waals surface area contributed by atoms with Crippen LogP contribution in [0.25, 0.3) is 0 Å². The SMILES string of the molecule is c1cc2c(cc1CCCC1=NCCN1)CCC2. The number of benzene rings is 1. The molecule has 2 heteroatoms. The van der Waals surface area contributed by atoms with Crippen LogP contribution >= 0.6 is 0 Å². The Morgan fingerprint density at radius 2 is 2.06 bits per heavy atom. The van der Waals surface area contributed by atoms with Gasteiger partial charge in [-0.3, -0.25) is 4.99 Å². The first-order valence-corrected chi connectivity index (χ1v) is 6.80. The quantitative estimate of drug-likeness (QED) is 0.841. The van der Waals surface area contributed by atoms with E-state index >= 15 is 0 Å². The van der Waals surface area contributed by atoms with Gasteiger partial charge in [-0.15, -0.1) is 0 Å². The van der Waals surface area contributed by atoms with Crippen molar-refractivity contribution in [2.75, 3.05) is 13.1 Å². The van der Waals surface area contributed by atoms with E-state index in [-0.39, 0.29) is 0 Å². The van der Waals surface area contributed by atoms with Crippen molar-refractivity contribution >= 4 is 5.84 Å². The molecular formula is C15H20N2. The number of fused-ring (bicyclic) bond motifs is 1. The summed E-state index contributed by atoms with van der Waals surface area (Å²) in [6.07, 6.45) is 7.43. The number of aliphatic imine (C=N–C) groups is 1. The molecule has 1 aliphatic carbocycles. The normalized spacial score (nSPS) is 17.8. The van der Waals surface area contributed by atoms with Gasteiger partial charge in [-0.1, -0.05) is 18.2 Å². The van der Waals surface area contributed by atoms with E-state index in [4.69, 9.17) is 0 Å². The van der Waals surface area contributed by atoms with Crippen molar-refractivity contribution in [2.24, 2.45) is 4.99 Å². The van der Waals surface area contributed by atoms with Crippen molar-refractivity contribution in [3.63, 3.8) is 0 Å². The van der Waals surface area contributed by atoms with Crippen LogP contribution in [0, 0.1) is 0 Å². The Kier molecular flexibility index (Phi) is 3.12. The maximum atomic E-state index is 4.43. The molecule has 0 saturated heterocycles. The van der Waals surface area contributed by atoms with Crippen LogP contribution in [-0.4, -0.2) is 18.9 Å². The lowest BCUT2D eigenvalue weighted by molar-refractivity contribution is 0.843. The fourth-order valence-corrected chi connectivity index (χ4v) is 2.86. The number of hydrogen-bond donors (Lipinski definition) is 1. The van der Waals surface area contributed by atoms with Gasteiger partial charge in [-0.05, 0) is 48.8 Å². The summed E-state index contributed by atoms with van der Waals surface area (Å²) in [5.41, 5.74) is 4.68. The van der Waals surface area contributed by atoms with Crippen LogP contribution in [0.15, 0.2) is 23.2 Å². The Balaban J connectivity index is 1.54. The Morgan fingerprint density at radius 3 is 2.94 bits per heavy atom. The predicted octanol–water partition coefficient (Wildman–Crippen LogP) is 2.50. The van der Waals surface area contributed by atoms with Gasteiger partial charge in [0.2, 0.25) is 0 Å². The first kappa shape index (κ1) is 10.8. The van der Waals surface area contributed by atoms with E-state index in [1.807, 2.05) is 0 Å². The number of amidine groups is 1. The molecule has 0 unspecified atom stereocenters. The third kappa shape index (κ3) is 2.51. The molecule has 1 heterocycles. The van der Waals surface area contributed by atoms with E-state index in [0.29, 0.717) is 0 Å². The molecule has 1 aromatic carbocycles. The summed E-state index contributed by atoms with van der Waals surface area (Å²) < 4.78 is 0. The van der Waals surface area contributed by atoms with Crippen molar-refractivity contribution in [3.05, 3.63) is 34.9 Å². The predicted molar refractivity (Wildman–Crippen MR) is 71.7 cm³/mol. The van der Waals surface area contributed by atoms with Gasteiger partial charge in [-0.2, -0.15) is 0 Å². The minimum atomic E-state index is 0.966. The van der Waals surface area contributed by atoms with Crippen LogP contribution < -0.4 is 5.32 Å². The number of rotatable bonds is 4. The highest BCUT2D eigenvalue weighted by Crippen LogP contribution is 2.23. The lowest BCUT2D eigenvalue weighted by Gasteiger charge is -2.05. The lowest BCUT2D eigenvalue weighted by atomic mass is 10.0. The Morgan fingerprint density at radius 1 is 1.12 bits per heavy atom. The van der Waals surface area contributed by atoms with E-state index in [2.05, 4.69) is 28.5 Å². The van der Waals surface area contributed by atoms with Gasteiger partial charge < -0.3 is 5.32 Å². The zero-order valence-electron chi connectivity index (χ0n) is 10.3. The first-order valence-electron chi connectivity index (χ1n) is 6.80. The van der Waals surface area contributed by atoms with Crippen LogP contribution in [0.2, 0.25) is 0 Å². The van der Waals surface area contributed by atoms with E-state index in [1.54, 1.807) is 11.1 Å². The van der Waals surface area contributed by atoms with Crippen LogP contribution in [-0.2, 0) is 19.3 Å². The zero-order valence-corrected chi connectivity index (χ0v) is 10.3. The van der Waals surface area contributed by atoms with Crippen LogP contribution in [0.4, 0.5) is 0 Å². The van der Waals surface area contributed by atoms with Crippen LogP contribution in [0.1, 0.15) is 36.0 Å². The van der Waals surface area contributed by atoms with Crippen LogP contribution in [0.5, 0.6) is 0 Å². The van der Waals surface area contributed by atoms with E-state index in [0.717, 1.165) is 19.5 Å². The van der Waals surface area contributed by atoms with Crippen LogP contribution in [0.3, 0.4) is 0 Å².